The fraction of sp³-hybridized carbons (Fsp3) is 0.471. The van der Waals surface area contributed by atoms with Crippen LogP contribution >= 0.6 is 35.1 Å². The molecule has 0 bridgehead atoms. The number of nitrogens with two attached hydrogens (primary N) is 3. The van der Waals surface area contributed by atoms with Crippen LogP contribution in [0, 0.1) is 0 Å². The Morgan fingerprint density at radius 3 is 2.81 bits per heavy atom. The highest BCUT2D eigenvalue weighted by molar-refractivity contribution is 8.01. The molecule has 198 valence electrons. The maximum absolute atomic E-state index is 13.0. The zero-order valence-corrected chi connectivity index (χ0v) is 21.5. The van der Waals surface area contributed by atoms with E-state index >= 15 is 0 Å². The van der Waals surface area contributed by atoms with Crippen LogP contribution < -0.4 is 22.5 Å². The molecule has 2 amide bonds. The molecule has 1 saturated heterocycles. The number of hydrogen-bond acceptors (Lipinski definition) is 16. The molecule has 2 atom stereocenters. The maximum Gasteiger partial charge on any atom is 0.352 e. The van der Waals surface area contributed by atoms with Gasteiger partial charge in [-0.3, -0.25) is 14.5 Å². The van der Waals surface area contributed by atoms with Gasteiger partial charge in [0.2, 0.25) is 16.7 Å². The molecule has 0 radical (unpaired) electrons. The molecule has 2 aromatic rings. The van der Waals surface area contributed by atoms with Crippen LogP contribution in [0.1, 0.15) is 5.82 Å². The Morgan fingerprint density at radius 1 is 1.32 bits per heavy atom. The summed E-state index contributed by atoms with van der Waals surface area (Å²) in [7, 11) is 0. The third-order valence-corrected chi connectivity index (χ3v) is 7.91. The average Bonchev–Trinajstić information content (AvgIpc) is 3.51. The van der Waals surface area contributed by atoms with Crippen molar-refractivity contribution in [2.24, 2.45) is 16.6 Å². The lowest BCUT2D eigenvalue weighted by Crippen LogP contribution is -2.71. The normalized spacial score (nSPS) is 19.5. The van der Waals surface area contributed by atoms with E-state index in [1.165, 1.54) is 33.1 Å². The zero-order chi connectivity index (χ0) is 26.5. The Balaban J connectivity index is 1.48. The fourth-order valence-electron chi connectivity index (χ4n) is 3.40. The number of hydrogen-bond donors (Lipinski definition) is 5. The van der Waals surface area contributed by atoms with Gasteiger partial charge >= 0.3 is 5.97 Å². The van der Waals surface area contributed by atoms with E-state index in [9.17, 15) is 19.5 Å². The summed E-state index contributed by atoms with van der Waals surface area (Å²) in [5, 5.41) is 27.6. The number of tetrazole rings is 1. The number of nitrogen functional groups attached to an aromatic ring is 1. The van der Waals surface area contributed by atoms with Crippen molar-refractivity contribution in [2.75, 3.05) is 36.9 Å². The number of aliphatic carboxylic acids is 1. The molecule has 1 fully saturated rings. The molecule has 4 rings (SSSR count). The second-order valence-corrected chi connectivity index (χ2v) is 10.2. The molecule has 20 heteroatoms. The quantitative estimate of drug-likeness (QED) is 0.0571. The van der Waals surface area contributed by atoms with Crippen LogP contribution in [0.3, 0.4) is 0 Å². The molecule has 4 heterocycles. The topological polar surface area (TPSA) is 256 Å². The first-order valence-corrected chi connectivity index (χ1v) is 13.5. The number of carboxylic acids is 1. The van der Waals surface area contributed by atoms with Crippen molar-refractivity contribution in [1.29, 1.82) is 0 Å². The number of rotatable bonds is 12. The van der Waals surface area contributed by atoms with Gasteiger partial charge in [0, 0.05) is 36.1 Å². The molecular weight excluding hydrogens is 548 g/mol. The van der Waals surface area contributed by atoms with E-state index in [-0.39, 0.29) is 41.3 Å². The maximum atomic E-state index is 13.0. The number of β-lactam (4-membered cyclic amide) rings is 1. The van der Waals surface area contributed by atoms with Crippen molar-refractivity contribution >= 4 is 63.7 Å². The first kappa shape index (κ1) is 26.7. The number of thioether (sulfide) groups is 2. The van der Waals surface area contributed by atoms with Gasteiger partial charge in [-0.1, -0.05) is 16.9 Å². The molecule has 1 unspecified atom stereocenters. The van der Waals surface area contributed by atoms with E-state index < -0.39 is 29.2 Å². The molecule has 2 aliphatic rings. The van der Waals surface area contributed by atoms with Crippen molar-refractivity contribution in [3.63, 3.8) is 0 Å². The number of fused-ring (bicyclic) bond motifs is 1. The first-order chi connectivity index (χ1) is 17.8. The summed E-state index contributed by atoms with van der Waals surface area (Å²) in [6, 6.07) is -0.992. The number of nitrogens with one attached hydrogen (secondary N) is 1. The van der Waals surface area contributed by atoms with Crippen molar-refractivity contribution in [3.8, 4) is 0 Å². The average molecular weight is 571 g/mol. The fourth-order valence-corrected chi connectivity index (χ4v) is 6.22. The highest BCUT2D eigenvalue weighted by atomic mass is 32.2. The van der Waals surface area contributed by atoms with Crippen LogP contribution in [-0.4, -0.2) is 106 Å². The molecule has 8 N–H and O–H groups in total. The van der Waals surface area contributed by atoms with Crippen LogP contribution in [0.15, 0.2) is 21.6 Å². The number of oxime groups is 1. The Labute approximate surface area is 221 Å². The van der Waals surface area contributed by atoms with Gasteiger partial charge in [0.05, 0.1) is 6.54 Å². The summed E-state index contributed by atoms with van der Waals surface area (Å²) < 4.78 is 5.48. The molecule has 37 heavy (non-hydrogen) atoms. The lowest BCUT2D eigenvalue weighted by atomic mass is 10.0. The molecule has 0 saturated carbocycles. The number of carboxylic acid groups (broad SMARTS) is 1. The van der Waals surface area contributed by atoms with Crippen LogP contribution in [-0.2, 0) is 25.8 Å². The molecule has 0 spiro atoms. The molecule has 2 aliphatic heterocycles. The van der Waals surface area contributed by atoms with Gasteiger partial charge < -0.3 is 32.5 Å². The van der Waals surface area contributed by atoms with E-state index in [4.69, 9.17) is 22.0 Å². The number of aromatic nitrogens is 6. The van der Waals surface area contributed by atoms with E-state index in [2.05, 4.69) is 35.4 Å². The highest BCUT2D eigenvalue weighted by Gasteiger charge is 2.54. The summed E-state index contributed by atoms with van der Waals surface area (Å²) in [5.41, 5.74) is 16.7. The van der Waals surface area contributed by atoms with E-state index in [0.29, 0.717) is 29.6 Å². The van der Waals surface area contributed by atoms with Gasteiger partial charge in [0.25, 0.3) is 11.8 Å². The Hall–Kier alpha value is -3.33. The van der Waals surface area contributed by atoms with E-state index in [1.807, 2.05) is 0 Å². The van der Waals surface area contributed by atoms with Gasteiger partial charge in [-0.25, -0.2) is 9.48 Å². The minimum absolute atomic E-state index is 0.0388. The predicted octanol–water partition coefficient (Wildman–Crippen LogP) is -2.72. The summed E-state index contributed by atoms with van der Waals surface area (Å²) >= 11 is 3.42. The van der Waals surface area contributed by atoms with E-state index in [0.717, 1.165) is 11.5 Å². The summed E-state index contributed by atoms with van der Waals surface area (Å²) in [6.45, 7) is 0.949. The van der Waals surface area contributed by atoms with Crippen molar-refractivity contribution in [3.05, 3.63) is 17.1 Å². The summed E-state index contributed by atoms with van der Waals surface area (Å²) in [5.74, 6) is -2.11. The molecule has 0 aromatic carbocycles. The number of amides is 2. The largest absolute Gasteiger partial charge is 0.477 e. The Kier molecular flexibility index (Phi) is 8.53. The lowest BCUT2D eigenvalue weighted by Gasteiger charge is -2.49. The van der Waals surface area contributed by atoms with Crippen LogP contribution in [0.25, 0.3) is 0 Å². The monoisotopic (exact) mass is 570 g/mol. The van der Waals surface area contributed by atoms with Gasteiger partial charge in [0.1, 0.15) is 23.7 Å². The van der Waals surface area contributed by atoms with Crippen molar-refractivity contribution < 1.29 is 24.3 Å². The lowest BCUT2D eigenvalue weighted by molar-refractivity contribution is -0.150. The van der Waals surface area contributed by atoms with Gasteiger partial charge in [-0.15, -0.1) is 16.9 Å². The molecule has 2 aromatic heterocycles. The van der Waals surface area contributed by atoms with Crippen LogP contribution in [0.5, 0.6) is 0 Å². The first-order valence-electron chi connectivity index (χ1n) is 10.6. The number of carbonyl (C=O) groups excluding carboxylic acids is 2. The SMILES string of the molecule is NCCON=C(C(=O)NC1C(=O)N2C(C(=O)O)=C(CSc3nnnn3CCN)CS[C@@H]12)c1nsc(N)n1. The third-order valence-electron chi connectivity index (χ3n) is 4.99. The molecule has 0 aliphatic carbocycles. The second-order valence-electron chi connectivity index (χ2n) is 7.40. The third kappa shape index (κ3) is 5.66. The molecule has 17 nitrogen and oxygen atoms in total. The smallest absolute Gasteiger partial charge is 0.352 e. The standard InChI is InChI=1S/C17H22N12O5S3/c18-1-3-28-17(23-26-27-28)36-6-7-5-35-14-9(13(31)29(14)10(7)15(32)33)21-12(30)8(24-34-4-2-19)11-22-16(20)37-25-11/h9,14H,1-6,18-19H2,(H,21,30)(H,32,33)(H2,20,22,25)/t9?,14-/m0/s1. The van der Waals surface area contributed by atoms with Crippen LogP contribution in [0.4, 0.5) is 5.13 Å². The predicted molar refractivity (Wildman–Crippen MR) is 133 cm³/mol. The van der Waals surface area contributed by atoms with Crippen LogP contribution in [0.2, 0.25) is 0 Å². The summed E-state index contributed by atoms with van der Waals surface area (Å²) in [4.78, 5) is 48.2. The Bertz CT molecular complexity index is 1250. The number of nitrogens with zero attached hydrogens (tertiary/aromatic N) is 8. The number of carbonyl (C=O) groups is 3. The minimum atomic E-state index is -1.25. The van der Waals surface area contributed by atoms with Gasteiger partial charge in [-0.05, 0) is 16.0 Å². The zero-order valence-electron chi connectivity index (χ0n) is 19.0. The minimum Gasteiger partial charge on any atom is -0.477 e. The van der Waals surface area contributed by atoms with Crippen molar-refractivity contribution in [1.82, 2.24) is 39.8 Å². The summed E-state index contributed by atoms with van der Waals surface area (Å²) in [6.07, 6.45) is 0. The van der Waals surface area contributed by atoms with Gasteiger partial charge in [-0.2, -0.15) is 9.36 Å². The van der Waals surface area contributed by atoms with Crippen molar-refractivity contribution in [2.45, 2.75) is 23.1 Å². The number of anilines is 1. The van der Waals surface area contributed by atoms with Gasteiger partial charge in [0.15, 0.2) is 5.13 Å². The molecular formula is C17H22N12O5S3. The van der Waals surface area contributed by atoms with E-state index in [1.54, 1.807) is 0 Å². The highest BCUT2D eigenvalue weighted by Crippen LogP contribution is 2.41. The Morgan fingerprint density at radius 2 is 2.14 bits per heavy atom. The second kappa shape index (κ2) is 11.8.